The maximum absolute atomic E-state index is 14.7. The van der Waals surface area contributed by atoms with E-state index in [9.17, 15) is 46.7 Å². The van der Waals surface area contributed by atoms with Crippen LogP contribution in [0.1, 0.15) is 107 Å². The van der Waals surface area contributed by atoms with Crippen molar-refractivity contribution in [2.75, 3.05) is 13.1 Å². The van der Waals surface area contributed by atoms with Gasteiger partial charge in [0.25, 0.3) is 11.8 Å². The van der Waals surface area contributed by atoms with Crippen LogP contribution in [0.15, 0.2) is 31.2 Å². The second kappa shape index (κ2) is 19.6. The molecular formula is C40H53F3N6O8. The molecule has 0 bridgehead atoms. The normalized spacial score (nSPS) is 22.9. The van der Waals surface area contributed by atoms with Gasteiger partial charge in [0.05, 0.1) is 24.2 Å². The molecule has 1 aliphatic heterocycles. The molecule has 3 saturated carbocycles. The number of likely N-dealkylation sites (tertiary alicyclic amines) is 1. The summed E-state index contributed by atoms with van der Waals surface area (Å²) in [6, 6.07) is -2.24. The quantitative estimate of drug-likeness (QED) is 0.137. The molecule has 0 radical (unpaired) electrons. The van der Waals surface area contributed by atoms with Crippen LogP contribution in [0.3, 0.4) is 0 Å². The van der Waals surface area contributed by atoms with E-state index in [-0.39, 0.29) is 55.4 Å². The van der Waals surface area contributed by atoms with Crippen molar-refractivity contribution in [3.05, 3.63) is 36.9 Å². The number of Topliss-reactive ketones (excluding diaryl/α,β-unsaturated/α-hetero) is 2. The molecule has 4 amide bonds. The third-order valence-corrected chi connectivity index (χ3v) is 11.8. The number of alkyl halides is 3. The van der Waals surface area contributed by atoms with Gasteiger partial charge in [-0.3, -0.25) is 33.8 Å². The van der Waals surface area contributed by atoms with Crippen LogP contribution in [0.4, 0.5) is 13.2 Å². The second-order valence-electron chi connectivity index (χ2n) is 15.9. The predicted molar refractivity (Wildman–Crippen MR) is 198 cm³/mol. The Labute approximate surface area is 329 Å². The molecule has 1 aromatic rings. The minimum atomic E-state index is -5.37. The number of ether oxygens (including phenoxy) is 1. The number of esters is 1. The summed E-state index contributed by atoms with van der Waals surface area (Å²) < 4.78 is 45.0. The molecule has 2 heterocycles. The Kier molecular flexibility index (Phi) is 15.0. The Morgan fingerprint density at radius 1 is 0.982 bits per heavy atom. The number of ketones is 2. The van der Waals surface area contributed by atoms with Crippen LogP contribution in [0.2, 0.25) is 0 Å². The lowest BCUT2D eigenvalue weighted by atomic mass is 9.80. The van der Waals surface area contributed by atoms with Gasteiger partial charge in [0, 0.05) is 50.3 Å². The zero-order chi connectivity index (χ0) is 41.3. The highest BCUT2D eigenvalue weighted by atomic mass is 19.4. The fraction of sp³-hybridized carbons (Fsp3) is 0.675. The van der Waals surface area contributed by atoms with Crippen molar-refractivity contribution in [3.63, 3.8) is 0 Å². The van der Waals surface area contributed by atoms with Gasteiger partial charge in [-0.25, -0.2) is 9.78 Å². The Morgan fingerprint density at radius 3 is 2.35 bits per heavy atom. The highest BCUT2D eigenvalue weighted by Gasteiger charge is 2.52. The van der Waals surface area contributed by atoms with Crippen molar-refractivity contribution in [2.24, 2.45) is 29.6 Å². The monoisotopic (exact) mass is 802 g/mol. The third-order valence-electron chi connectivity index (χ3n) is 11.8. The van der Waals surface area contributed by atoms with Gasteiger partial charge in [-0.1, -0.05) is 45.6 Å². The highest BCUT2D eigenvalue weighted by Crippen LogP contribution is 2.44. The molecule has 2 unspecified atom stereocenters. The lowest BCUT2D eigenvalue weighted by Crippen LogP contribution is -2.52. The minimum Gasteiger partial charge on any atom is -0.445 e. The summed E-state index contributed by atoms with van der Waals surface area (Å²) in [5.74, 6) is -8.91. The van der Waals surface area contributed by atoms with E-state index in [2.05, 4.69) is 32.5 Å². The summed E-state index contributed by atoms with van der Waals surface area (Å²) in [5, 5.41) is 8.05. The lowest BCUT2D eigenvalue weighted by molar-refractivity contribution is -0.208. The number of nitrogens with one attached hydrogen (secondary N) is 3. The standard InChI is InChI=1S/C40H53F3N6O8/c1-3-9-24(35(37(54)47-27-14-15-27)57-39(56)40(41,42)43)18-31(51)34-28-13-8-12-25(28)22-49(34)38(55)26(20-46-32(52)4-2)19-30(50)33(23-10-6-5-7-11-23)48-36(53)29-21-44-16-17-45-29/h4,16-17,21,23-28,33-35H,2-3,5-15,18-20,22H2,1H3,(H,46,52)(H,47,54)(H,48,53)/t24-,25+,26+,28+,33+,34?,35?/m1/s1. The van der Waals surface area contributed by atoms with E-state index in [1.54, 1.807) is 6.92 Å². The van der Waals surface area contributed by atoms with Gasteiger partial charge in [-0.2, -0.15) is 13.2 Å². The number of rotatable bonds is 19. The van der Waals surface area contributed by atoms with Crippen LogP contribution >= 0.6 is 0 Å². The molecule has 17 heteroatoms. The number of nitrogens with zero attached hydrogens (tertiary/aromatic N) is 3. The molecule has 312 valence electrons. The highest BCUT2D eigenvalue weighted by molar-refractivity contribution is 5.98. The van der Waals surface area contributed by atoms with E-state index in [4.69, 9.17) is 4.74 Å². The SMILES string of the molecule is C=CC(=O)NC[C@H](CC(=O)[C@@H](NC(=O)c1cnccn1)C1CCCCC1)C(=O)N1C[C@@H]2CCC[C@@H]2C1C(=O)C[C@@H](CCC)C(OC(=O)C(F)(F)F)C(=O)NC1CC1. The molecule has 57 heavy (non-hydrogen) atoms. The molecule has 7 atom stereocenters. The maximum Gasteiger partial charge on any atom is 0.490 e. The molecule has 3 N–H and O–H groups in total. The third kappa shape index (κ3) is 11.5. The number of aromatic nitrogens is 2. The van der Waals surface area contributed by atoms with Crippen molar-refractivity contribution in [2.45, 2.75) is 127 Å². The summed E-state index contributed by atoms with van der Waals surface area (Å²) >= 11 is 0. The minimum absolute atomic E-state index is 0.0174. The Hall–Kier alpha value is -4.70. The summed E-state index contributed by atoms with van der Waals surface area (Å²) in [4.78, 5) is 104. The van der Waals surface area contributed by atoms with Gasteiger partial charge in [0.2, 0.25) is 11.8 Å². The van der Waals surface area contributed by atoms with E-state index in [1.807, 2.05) is 0 Å². The molecule has 1 aromatic heterocycles. The topological polar surface area (TPSA) is 194 Å². The van der Waals surface area contributed by atoms with Gasteiger partial charge in [-0.15, -0.1) is 0 Å². The van der Waals surface area contributed by atoms with Crippen LogP contribution in [0, 0.1) is 29.6 Å². The number of carbonyl (C=O) groups excluding carboxylic acids is 7. The first-order valence-corrected chi connectivity index (χ1v) is 20.1. The zero-order valence-electron chi connectivity index (χ0n) is 32.3. The van der Waals surface area contributed by atoms with Gasteiger partial charge >= 0.3 is 12.1 Å². The number of hydrogen-bond donors (Lipinski definition) is 3. The fourth-order valence-corrected chi connectivity index (χ4v) is 8.82. The lowest BCUT2D eigenvalue weighted by Gasteiger charge is -2.34. The van der Waals surface area contributed by atoms with Crippen molar-refractivity contribution >= 4 is 41.2 Å². The molecule has 1 saturated heterocycles. The molecule has 5 rings (SSSR count). The van der Waals surface area contributed by atoms with Gasteiger partial charge < -0.3 is 25.6 Å². The molecule has 4 aliphatic rings. The van der Waals surface area contributed by atoms with Crippen LogP contribution in [0.25, 0.3) is 0 Å². The first-order chi connectivity index (χ1) is 27.2. The van der Waals surface area contributed by atoms with E-state index >= 15 is 0 Å². The average Bonchev–Trinajstić information content (AvgIpc) is 3.76. The molecule has 4 fully saturated rings. The molecule has 3 aliphatic carbocycles. The Balaban J connectivity index is 1.40. The summed E-state index contributed by atoms with van der Waals surface area (Å²) in [7, 11) is 0. The van der Waals surface area contributed by atoms with Crippen LogP contribution in [0.5, 0.6) is 0 Å². The van der Waals surface area contributed by atoms with Crippen LogP contribution in [-0.2, 0) is 33.5 Å². The average molecular weight is 803 g/mol. The van der Waals surface area contributed by atoms with Gasteiger partial charge in [0.15, 0.2) is 17.7 Å². The largest absolute Gasteiger partial charge is 0.490 e. The number of carbonyl (C=O) groups is 7. The summed E-state index contributed by atoms with van der Waals surface area (Å²) in [6.45, 7) is 5.11. The predicted octanol–water partition coefficient (Wildman–Crippen LogP) is 3.79. The first kappa shape index (κ1) is 43.4. The Bertz CT molecular complexity index is 1650. The van der Waals surface area contributed by atoms with Gasteiger partial charge in [-0.05, 0) is 68.8 Å². The van der Waals surface area contributed by atoms with Crippen molar-refractivity contribution in [1.82, 2.24) is 30.8 Å². The van der Waals surface area contributed by atoms with E-state index in [1.165, 1.54) is 23.5 Å². The van der Waals surface area contributed by atoms with Gasteiger partial charge in [0.1, 0.15) is 5.69 Å². The number of halogens is 3. The maximum atomic E-state index is 14.7. The zero-order valence-corrected chi connectivity index (χ0v) is 32.3. The summed E-state index contributed by atoms with van der Waals surface area (Å²) in [5.41, 5.74) is 0.0174. The molecule has 14 nitrogen and oxygen atoms in total. The van der Waals surface area contributed by atoms with Crippen molar-refractivity contribution < 1.29 is 51.5 Å². The van der Waals surface area contributed by atoms with Crippen LogP contribution < -0.4 is 16.0 Å². The number of hydrogen-bond acceptors (Lipinski definition) is 10. The molecule has 0 aromatic carbocycles. The molecular weight excluding hydrogens is 749 g/mol. The van der Waals surface area contributed by atoms with Crippen molar-refractivity contribution in [1.29, 1.82) is 0 Å². The van der Waals surface area contributed by atoms with E-state index in [0.717, 1.165) is 38.2 Å². The summed E-state index contributed by atoms with van der Waals surface area (Å²) in [6.07, 6.45) is 4.85. The second-order valence-corrected chi connectivity index (χ2v) is 15.9. The van der Waals surface area contributed by atoms with Crippen molar-refractivity contribution in [3.8, 4) is 0 Å². The fourth-order valence-electron chi connectivity index (χ4n) is 8.82. The molecule has 0 spiro atoms. The van der Waals surface area contributed by atoms with Crippen LogP contribution in [-0.4, -0.2) is 99.5 Å². The number of amides is 4. The number of fused-ring (bicyclic) bond motifs is 1. The smallest absolute Gasteiger partial charge is 0.445 e. The van der Waals surface area contributed by atoms with E-state index in [0.29, 0.717) is 38.5 Å². The Morgan fingerprint density at radius 2 is 1.72 bits per heavy atom. The first-order valence-electron chi connectivity index (χ1n) is 20.1. The van der Waals surface area contributed by atoms with E-state index < -0.39 is 83.8 Å².